The topological polar surface area (TPSA) is 41.1 Å². The second kappa shape index (κ2) is 4.32. The van der Waals surface area contributed by atoms with Crippen molar-refractivity contribution in [2.45, 2.75) is 19.4 Å². The van der Waals surface area contributed by atoms with Crippen LogP contribution in [0.1, 0.15) is 13.3 Å². The normalized spacial score (nSPS) is 12.8. The largest absolute Gasteiger partial charge is 0.359 e. The van der Waals surface area contributed by atoms with E-state index in [1.807, 2.05) is 14.0 Å². The van der Waals surface area contributed by atoms with Gasteiger partial charge in [-0.3, -0.25) is 4.79 Å². The van der Waals surface area contributed by atoms with E-state index in [1.54, 1.807) is 7.05 Å². The molecule has 0 fully saturated rings. The van der Waals surface area contributed by atoms with E-state index in [-0.39, 0.29) is 11.9 Å². The Morgan fingerprint density at radius 2 is 2.11 bits per heavy atom. The molecular weight excluding hydrogens is 116 g/mol. The van der Waals surface area contributed by atoms with Gasteiger partial charge in [-0.2, -0.15) is 0 Å². The number of amides is 1. The highest BCUT2D eigenvalue weighted by atomic mass is 16.1. The summed E-state index contributed by atoms with van der Waals surface area (Å²) < 4.78 is 0. The Morgan fingerprint density at radius 1 is 1.56 bits per heavy atom. The molecule has 0 aliphatic carbocycles. The van der Waals surface area contributed by atoms with Gasteiger partial charge in [-0.1, -0.05) is 0 Å². The third-order valence-electron chi connectivity index (χ3n) is 1.26. The van der Waals surface area contributed by atoms with E-state index in [4.69, 9.17) is 0 Å². The van der Waals surface area contributed by atoms with Gasteiger partial charge in [0.2, 0.25) is 5.91 Å². The summed E-state index contributed by atoms with van der Waals surface area (Å²) in [5.74, 6) is 0.0804. The molecule has 1 atom stereocenters. The van der Waals surface area contributed by atoms with Crippen LogP contribution in [0.25, 0.3) is 0 Å². The first-order valence-electron chi connectivity index (χ1n) is 3.08. The van der Waals surface area contributed by atoms with Crippen molar-refractivity contribution < 1.29 is 4.79 Å². The number of hydrogen-bond donors (Lipinski definition) is 2. The lowest BCUT2D eigenvalue weighted by Crippen LogP contribution is -2.29. The molecule has 0 aromatic carbocycles. The Bertz CT molecular complexity index is 93.1. The number of carbonyl (C=O) groups is 1. The quantitative estimate of drug-likeness (QED) is 0.552. The monoisotopic (exact) mass is 130 g/mol. The van der Waals surface area contributed by atoms with Crippen LogP contribution in [0.5, 0.6) is 0 Å². The van der Waals surface area contributed by atoms with E-state index in [0.717, 1.165) is 0 Å². The molecule has 3 nitrogen and oxygen atoms in total. The predicted octanol–water partition coefficient (Wildman–Crippen LogP) is -0.270. The Morgan fingerprint density at radius 3 is 2.44 bits per heavy atom. The summed E-state index contributed by atoms with van der Waals surface area (Å²) >= 11 is 0. The van der Waals surface area contributed by atoms with Gasteiger partial charge in [0.15, 0.2) is 0 Å². The fourth-order valence-electron chi connectivity index (χ4n) is 0.482. The van der Waals surface area contributed by atoms with Gasteiger partial charge in [0.05, 0.1) is 0 Å². The smallest absolute Gasteiger partial charge is 0.221 e. The first kappa shape index (κ1) is 8.43. The molecule has 0 rings (SSSR count). The van der Waals surface area contributed by atoms with Gasteiger partial charge in [-0.15, -0.1) is 0 Å². The van der Waals surface area contributed by atoms with Crippen molar-refractivity contribution in [2.24, 2.45) is 0 Å². The van der Waals surface area contributed by atoms with E-state index < -0.39 is 0 Å². The molecule has 0 unspecified atom stereocenters. The van der Waals surface area contributed by atoms with E-state index in [0.29, 0.717) is 6.42 Å². The third-order valence-corrected chi connectivity index (χ3v) is 1.26. The second-order valence-corrected chi connectivity index (χ2v) is 2.07. The van der Waals surface area contributed by atoms with E-state index in [1.165, 1.54) is 0 Å². The van der Waals surface area contributed by atoms with Gasteiger partial charge in [-0.25, -0.2) is 0 Å². The summed E-state index contributed by atoms with van der Waals surface area (Å²) in [5.41, 5.74) is 0. The van der Waals surface area contributed by atoms with Crippen LogP contribution in [0.4, 0.5) is 0 Å². The molecular formula is C6H14N2O. The Hall–Kier alpha value is -0.570. The van der Waals surface area contributed by atoms with Crippen molar-refractivity contribution in [3.05, 3.63) is 0 Å². The average molecular weight is 130 g/mol. The molecule has 0 spiro atoms. The maximum Gasteiger partial charge on any atom is 0.221 e. The average Bonchev–Trinajstić information content (AvgIpc) is 1.87. The van der Waals surface area contributed by atoms with Crippen molar-refractivity contribution in [2.75, 3.05) is 14.1 Å². The molecule has 0 bridgehead atoms. The summed E-state index contributed by atoms with van der Waals surface area (Å²) in [7, 11) is 3.48. The molecule has 9 heavy (non-hydrogen) atoms. The van der Waals surface area contributed by atoms with E-state index in [9.17, 15) is 4.79 Å². The van der Waals surface area contributed by atoms with Crippen LogP contribution in [0.15, 0.2) is 0 Å². The number of rotatable bonds is 3. The van der Waals surface area contributed by atoms with Gasteiger partial charge in [-0.05, 0) is 14.0 Å². The molecule has 0 radical (unpaired) electrons. The molecule has 0 saturated heterocycles. The summed E-state index contributed by atoms with van der Waals surface area (Å²) in [6, 6.07) is 0.268. The molecule has 3 heteroatoms. The van der Waals surface area contributed by atoms with Crippen LogP contribution in [-0.2, 0) is 4.79 Å². The molecule has 0 saturated carbocycles. The van der Waals surface area contributed by atoms with Crippen LogP contribution in [0.3, 0.4) is 0 Å². The SMILES string of the molecule is CNC(=O)C[C@H](C)NC. The highest BCUT2D eigenvalue weighted by Gasteiger charge is 2.02. The lowest BCUT2D eigenvalue weighted by Gasteiger charge is -2.06. The van der Waals surface area contributed by atoms with E-state index in [2.05, 4.69) is 10.6 Å². The van der Waals surface area contributed by atoms with Gasteiger partial charge in [0, 0.05) is 19.5 Å². The Balaban J connectivity index is 3.34. The Kier molecular flexibility index (Phi) is 4.05. The molecule has 54 valence electrons. The number of carbonyl (C=O) groups excluding carboxylic acids is 1. The standard InChI is InChI=1S/C6H14N2O/c1-5(7-2)4-6(9)8-3/h5,7H,4H2,1-3H3,(H,8,9)/t5-/m0/s1. The lowest BCUT2D eigenvalue weighted by atomic mass is 10.2. The zero-order chi connectivity index (χ0) is 7.28. The minimum Gasteiger partial charge on any atom is -0.359 e. The first-order valence-corrected chi connectivity index (χ1v) is 3.08. The molecule has 0 aromatic heterocycles. The highest BCUT2D eigenvalue weighted by Crippen LogP contribution is 1.86. The molecule has 0 aliphatic heterocycles. The fraction of sp³-hybridized carbons (Fsp3) is 0.833. The minimum atomic E-state index is 0.0804. The summed E-state index contributed by atoms with van der Waals surface area (Å²) in [6.45, 7) is 1.97. The second-order valence-electron chi connectivity index (χ2n) is 2.07. The molecule has 2 N–H and O–H groups in total. The predicted molar refractivity (Wildman–Crippen MR) is 37.2 cm³/mol. The van der Waals surface area contributed by atoms with Gasteiger partial charge >= 0.3 is 0 Å². The third kappa shape index (κ3) is 3.97. The van der Waals surface area contributed by atoms with Crippen molar-refractivity contribution in [1.82, 2.24) is 10.6 Å². The van der Waals surface area contributed by atoms with Crippen LogP contribution in [0, 0.1) is 0 Å². The first-order chi connectivity index (χ1) is 4.20. The summed E-state index contributed by atoms with van der Waals surface area (Å²) in [4.78, 5) is 10.6. The lowest BCUT2D eigenvalue weighted by molar-refractivity contribution is -0.120. The van der Waals surface area contributed by atoms with Crippen LogP contribution in [-0.4, -0.2) is 26.0 Å². The van der Waals surface area contributed by atoms with Crippen LogP contribution in [0.2, 0.25) is 0 Å². The molecule has 0 aliphatic rings. The maximum atomic E-state index is 10.6. The molecule has 0 heterocycles. The van der Waals surface area contributed by atoms with Crippen molar-refractivity contribution in [3.8, 4) is 0 Å². The minimum absolute atomic E-state index is 0.0804. The zero-order valence-corrected chi connectivity index (χ0v) is 6.19. The van der Waals surface area contributed by atoms with Crippen LogP contribution >= 0.6 is 0 Å². The van der Waals surface area contributed by atoms with Crippen molar-refractivity contribution in [1.29, 1.82) is 0 Å². The number of hydrogen-bond acceptors (Lipinski definition) is 2. The molecule has 0 aromatic rings. The van der Waals surface area contributed by atoms with Gasteiger partial charge in [0.1, 0.15) is 0 Å². The van der Waals surface area contributed by atoms with Crippen LogP contribution < -0.4 is 10.6 Å². The van der Waals surface area contributed by atoms with Gasteiger partial charge in [0.25, 0.3) is 0 Å². The van der Waals surface area contributed by atoms with Crippen molar-refractivity contribution >= 4 is 5.91 Å². The Labute approximate surface area is 55.8 Å². The molecule has 1 amide bonds. The number of nitrogens with one attached hydrogen (secondary N) is 2. The van der Waals surface area contributed by atoms with E-state index >= 15 is 0 Å². The fourth-order valence-corrected chi connectivity index (χ4v) is 0.482. The highest BCUT2D eigenvalue weighted by molar-refractivity contribution is 5.76. The van der Waals surface area contributed by atoms with Gasteiger partial charge < -0.3 is 10.6 Å². The maximum absolute atomic E-state index is 10.6. The summed E-state index contributed by atoms with van der Waals surface area (Å²) in [6.07, 6.45) is 0.549. The zero-order valence-electron chi connectivity index (χ0n) is 6.19. The summed E-state index contributed by atoms with van der Waals surface area (Å²) in [5, 5.41) is 5.52. The van der Waals surface area contributed by atoms with Crippen molar-refractivity contribution in [3.63, 3.8) is 0 Å².